The fraction of sp³-hybridized carbons (Fsp3) is 0.600. The van der Waals surface area contributed by atoms with Gasteiger partial charge in [0.2, 0.25) is 0 Å². The van der Waals surface area contributed by atoms with Gasteiger partial charge in [0.15, 0.2) is 0 Å². The lowest BCUT2D eigenvalue weighted by molar-refractivity contribution is 0.172. The van der Waals surface area contributed by atoms with E-state index in [1.165, 1.54) is 6.42 Å². The summed E-state index contributed by atoms with van der Waals surface area (Å²) in [7, 11) is 0. The van der Waals surface area contributed by atoms with Gasteiger partial charge in [0, 0.05) is 30.2 Å². The van der Waals surface area contributed by atoms with Crippen molar-refractivity contribution in [3.8, 4) is 0 Å². The molecule has 0 bridgehead atoms. The van der Waals surface area contributed by atoms with Crippen LogP contribution in [0.1, 0.15) is 31.9 Å². The summed E-state index contributed by atoms with van der Waals surface area (Å²) in [6.07, 6.45) is 0.630. The normalized spacial score (nSPS) is 12.9. The number of rotatable bonds is 9. The van der Waals surface area contributed by atoms with Gasteiger partial charge in [0.1, 0.15) is 0 Å². The lowest BCUT2D eigenvalue weighted by atomic mass is 10.1. The standard InChI is InChI=1S/C15H25ClN2O/c1-3-10-18(4-2)11-9-17-12-15(19)13-7-5-6-8-14(13)16/h5-8,15,17,19H,3-4,9-12H2,1-2H3. The van der Waals surface area contributed by atoms with E-state index in [0.717, 1.165) is 31.7 Å². The van der Waals surface area contributed by atoms with Crippen molar-refractivity contribution in [3.63, 3.8) is 0 Å². The van der Waals surface area contributed by atoms with Gasteiger partial charge >= 0.3 is 0 Å². The van der Waals surface area contributed by atoms with Crippen molar-refractivity contribution >= 4 is 11.6 Å². The van der Waals surface area contributed by atoms with Crippen molar-refractivity contribution in [1.82, 2.24) is 10.2 Å². The van der Waals surface area contributed by atoms with Crippen LogP contribution in [0.4, 0.5) is 0 Å². The molecule has 0 heterocycles. The highest BCUT2D eigenvalue weighted by atomic mass is 35.5. The Balaban J connectivity index is 2.27. The maximum absolute atomic E-state index is 10.1. The third-order valence-electron chi connectivity index (χ3n) is 3.19. The summed E-state index contributed by atoms with van der Waals surface area (Å²) < 4.78 is 0. The van der Waals surface area contributed by atoms with Gasteiger partial charge in [0.05, 0.1) is 6.10 Å². The molecule has 0 radical (unpaired) electrons. The van der Waals surface area contributed by atoms with Gasteiger partial charge in [-0.3, -0.25) is 0 Å². The SMILES string of the molecule is CCCN(CC)CCNCC(O)c1ccccc1Cl. The van der Waals surface area contributed by atoms with E-state index in [0.29, 0.717) is 11.6 Å². The van der Waals surface area contributed by atoms with Crippen LogP contribution in [0.5, 0.6) is 0 Å². The number of halogens is 1. The Morgan fingerprint density at radius 3 is 2.63 bits per heavy atom. The highest BCUT2D eigenvalue weighted by Crippen LogP contribution is 2.21. The molecule has 0 amide bonds. The fourth-order valence-electron chi connectivity index (χ4n) is 2.08. The Morgan fingerprint density at radius 1 is 1.26 bits per heavy atom. The molecule has 0 aliphatic rings. The summed E-state index contributed by atoms with van der Waals surface area (Å²) in [5, 5.41) is 14.0. The van der Waals surface area contributed by atoms with Gasteiger partial charge in [-0.15, -0.1) is 0 Å². The molecule has 108 valence electrons. The molecule has 1 aromatic carbocycles. The molecule has 1 aromatic rings. The number of likely N-dealkylation sites (N-methyl/N-ethyl adjacent to an activating group) is 1. The van der Waals surface area contributed by atoms with Crippen LogP contribution in [0.25, 0.3) is 0 Å². The van der Waals surface area contributed by atoms with E-state index >= 15 is 0 Å². The van der Waals surface area contributed by atoms with Crippen molar-refractivity contribution in [2.75, 3.05) is 32.7 Å². The third kappa shape index (κ3) is 5.91. The highest BCUT2D eigenvalue weighted by molar-refractivity contribution is 6.31. The monoisotopic (exact) mass is 284 g/mol. The minimum Gasteiger partial charge on any atom is -0.387 e. The molecule has 0 aromatic heterocycles. The van der Waals surface area contributed by atoms with Gasteiger partial charge in [-0.1, -0.05) is 43.6 Å². The summed E-state index contributed by atoms with van der Waals surface area (Å²) in [4.78, 5) is 2.40. The predicted molar refractivity (Wildman–Crippen MR) is 81.7 cm³/mol. The molecule has 3 nitrogen and oxygen atoms in total. The predicted octanol–water partition coefficient (Wildman–Crippen LogP) is 2.69. The molecule has 19 heavy (non-hydrogen) atoms. The van der Waals surface area contributed by atoms with Crippen molar-refractivity contribution in [2.45, 2.75) is 26.4 Å². The van der Waals surface area contributed by atoms with E-state index in [1.54, 1.807) is 6.07 Å². The van der Waals surface area contributed by atoms with Gasteiger partial charge in [0.25, 0.3) is 0 Å². The van der Waals surface area contributed by atoms with E-state index < -0.39 is 6.10 Å². The molecule has 1 unspecified atom stereocenters. The van der Waals surface area contributed by atoms with E-state index in [2.05, 4.69) is 24.1 Å². The highest BCUT2D eigenvalue weighted by Gasteiger charge is 2.10. The maximum Gasteiger partial charge on any atom is 0.0928 e. The van der Waals surface area contributed by atoms with Crippen molar-refractivity contribution in [3.05, 3.63) is 34.9 Å². The first kappa shape index (κ1) is 16.4. The molecule has 0 saturated carbocycles. The van der Waals surface area contributed by atoms with Gasteiger partial charge < -0.3 is 15.3 Å². The molecule has 0 aliphatic carbocycles. The lowest BCUT2D eigenvalue weighted by Gasteiger charge is -2.20. The molecule has 0 saturated heterocycles. The number of nitrogens with zero attached hydrogens (tertiary/aromatic N) is 1. The minimum absolute atomic E-state index is 0.535. The quantitative estimate of drug-likeness (QED) is 0.685. The Labute approximate surface area is 121 Å². The zero-order valence-corrected chi connectivity index (χ0v) is 12.7. The van der Waals surface area contributed by atoms with E-state index in [1.807, 2.05) is 18.2 Å². The minimum atomic E-state index is -0.546. The van der Waals surface area contributed by atoms with E-state index in [4.69, 9.17) is 11.6 Å². The fourth-order valence-corrected chi connectivity index (χ4v) is 2.34. The first-order valence-corrected chi connectivity index (χ1v) is 7.42. The summed E-state index contributed by atoms with van der Waals surface area (Å²) in [6.45, 7) is 9.00. The zero-order valence-electron chi connectivity index (χ0n) is 11.9. The maximum atomic E-state index is 10.1. The molecule has 0 spiro atoms. The molecule has 4 heteroatoms. The number of aliphatic hydroxyl groups is 1. The van der Waals surface area contributed by atoms with Crippen molar-refractivity contribution < 1.29 is 5.11 Å². The molecule has 0 fully saturated rings. The molecule has 1 rings (SSSR count). The molecule has 2 N–H and O–H groups in total. The Bertz CT molecular complexity index is 360. The second-order valence-corrected chi connectivity index (χ2v) is 5.08. The Morgan fingerprint density at radius 2 is 2.00 bits per heavy atom. The average molecular weight is 285 g/mol. The van der Waals surface area contributed by atoms with Crippen LogP contribution in [0.2, 0.25) is 5.02 Å². The van der Waals surface area contributed by atoms with Crippen LogP contribution in [-0.2, 0) is 0 Å². The topological polar surface area (TPSA) is 35.5 Å². The van der Waals surface area contributed by atoms with Crippen LogP contribution >= 0.6 is 11.6 Å². The van der Waals surface area contributed by atoms with Crippen LogP contribution in [-0.4, -0.2) is 42.7 Å². The van der Waals surface area contributed by atoms with Crippen LogP contribution in [0.15, 0.2) is 24.3 Å². The summed E-state index contributed by atoms with van der Waals surface area (Å²) in [5.41, 5.74) is 0.789. The Kier molecular flexibility index (Phi) is 8.07. The molecule has 0 aliphatic heterocycles. The summed E-state index contributed by atoms with van der Waals surface area (Å²) in [6, 6.07) is 7.44. The van der Waals surface area contributed by atoms with Crippen molar-refractivity contribution in [2.24, 2.45) is 0 Å². The van der Waals surface area contributed by atoms with Crippen LogP contribution in [0.3, 0.4) is 0 Å². The number of hydrogen-bond donors (Lipinski definition) is 2. The summed E-state index contributed by atoms with van der Waals surface area (Å²) in [5.74, 6) is 0. The Hall–Kier alpha value is -0.610. The number of benzene rings is 1. The molecular formula is C15H25ClN2O. The average Bonchev–Trinajstić information content (AvgIpc) is 2.42. The van der Waals surface area contributed by atoms with Crippen LogP contribution < -0.4 is 5.32 Å². The lowest BCUT2D eigenvalue weighted by Crippen LogP contribution is -2.34. The third-order valence-corrected chi connectivity index (χ3v) is 3.54. The first-order valence-electron chi connectivity index (χ1n) is 7.04. The first-order chi connectivity index (χ1) is 9.19. The van der Waals surface area contributed by atoms with Gasteiger partial charge in [-0.2, -0.15) is 0 Å². The number of aliphatic hydroxyl groups excluding tert-OH is 1. The van der Waals surface area contributed by atoms with Gasteiger partial charge in [-0.25, -0.2) is 0 Å². The second-order valence-electron chi connectivity index (χ2n) is 4.68. The van der Waals surface area contributed by atoms with E-state index in [-0.39, 0.29) is 0 Å². The largest absolute Gasteiger partial charge is 0.387 e. The van der Waals surface area contributed by atoms with Crippen LogP contribution in [0, 0.1) is 0 Å². The second kappa shape index (κ2) is 9.32. The molecular weight excluding hydrogens is 260 g/mol. The van der Waals surface area contributed by atoms with Crippen molar-refractivity contribution in [1.29, 1.82) is 0 Å². The van der Waals surface area contributed by atoms with E-state index in [9.17, 15) is 5.11 Å². The van der Waals surface area contributed by atoms with Gasteiger partial charge in [-0.05, 0) is 25.6 Å². The number of hydrogen-bond acceptors (Lipinski definition) is 3. The smallest absolute Gasteiger partial charge is 0.0928 e. The molecule has 1 atom stereocenters. The summed E-state index contributed by atoms with van der Waals surface area (Å²) >= 11 is 6.05. The number of nitrogens with one attached hydrogen (secondary N) is 1. The zero-order chi connectivity index (χ0) is 14.1.